The molecule has 0 saturated heterocycles. The molecule has 0 bridgehead atoms. The Morgan fingerprint density at radius 1 is 1.16 bits per heavy atom. The van der Waals surface area contributed by atoms with Crippen molar-refractivity contribution in [2.45, 2.75) is 25.8 Å². The smallest absolute Gasteiger partial charge is 0.322 e. The van der Waals surface area contributed by atoms with Crippen molar-refractivity contribution >= 4 is 52.0 Å². The van der Waals surface area contributed by atoms with Crippen molar-refractivity contribution in [3.8, 4) is 0 Å². The van der Waals surface area contributed by atoms with E-state index in [1.807, 2.05) is 31.3 Å². The summed E-state index contributed by atoms with van der Waals surface area (Å²) < 4.78 is 0. The molecule has 1 atom stereocenters. The maximum atomic E-state index is 13.5. The zero-order chi connectivity index (χ0) is 26.1. The molecule has 2 aliphatic heterocycles. The van der Waals surface area contributed by atoms with E-state index in [1.165, 1.54) is 0 Å². The molecule has 1 unspecified atom stereocenters. The highest BCUT2D eigenvalue weighted by Crippen LogP contribution is 2.39. The van der Waals surface area contributed by atoms with Crippen LogP contribution in [0.1, 0.15) is 30.5 Å². The standard InChI is InChI=1S/C27H27Cl2N5O3/c1-2-34-22-15-33(12-10-23(35)30-11-9-16-14-31-21-6-4-3-5-18(16)21)26(36)24(22)25(32-27(34)37)19-8-7-17(28)13-20(19)29/h3-8,13-14,25,31H,2,9-12,15H2,1H3,(H,30,35)(H,32,37). The number of H-pyrrole nitrogens is 1. The Bertz CT molecular complexity index is 1420. The van der Waals surface area contributed by atoms with E-state index in [9.17, 15) is 14.4 Å². The van der Waals surface area contributed by atoms with Crippen LogP contribution in [-0.2, 0) is 16.0 Å². The third-order valence-corrected chi connectivity index (χ3v) is 7.45. The predicted molar refractivity (Wildman–Crippen MR) is 143 cm³/mol. The topological polar surface area (TPSA) is 97.5 Å². The van der Waals surface area contributed by atoms with Crippen LogP contribution in [0.4, 0.5) is 4.79 Å². The summed E-state index contributed by atoms with van der Waals surface area (Å²) >= 11 is 12.5. The van der Waals surface area contributed by atoms with Gasteiger partial charge < -0.3 is 20.5 Å². The Kier molecular flexibility index (Phi) is 7.13. The van der Waals surface area contributed by atoms with Gasteiger partial charge in [-0.25, -0.2) is 4.79 Å². The van der Waals surface area contributed by atoms with Gasteiger partial charge in [0.25, 0.3) is 5.91 Å². The van der Waals surface area contributed by atoms with E-state index in [2.05, 4.69) is 21.7 Å². The lowest BCUT2D eigenvalue weighted by molar-refractivity contribution is -0.127. The molecule has 0 radical (unpaired) electrons. The number of nitrogens with one attached hydrogen (secondary N) is 3. The van der Waals surface area contributed by atoms with E-state index in [4.69, 9.17) is 23.2 Å². The summed E-state index contributed by atoms with van der Waals surface area (Å²) in [4.78, 5) is 45.3. The van der Waals surface area contributed by atoms with Gasteiger partial charge in [-0.1, -0.05) is 47.5 Å². The molecule has 10 heteroatoms. The summed E-state index contributed by atoms with van der Waals surface area (Å²) in [6.07, 6.45) is 2.84. The number of fused-ring (bicyclic) bond motifs is 1. The van der Waals surface area contributed by atoms with Crippen LogP contribution >= 0.6 is 23.2 Å². The SMILES string of the molecule is CCN1C(=O)NC(c2ccc(Cl)cc2Cl)C2=C1CN(CCC(=O)NCCc1c[nH]c3ccccc13)C2=O. The highest BCUT2D eigenvalue weighted by atomic mass is 35.5. The monoisotopic (exact) mass is 539 g/mol. The van der Waals surface area contributed by atoms with Crippen LogP contribution in [0.5, 0.6) is 0 Å². The number of likely N-dealkylation sites (N-methyl/N-ethyl adjacent to an activating group) is 1. The summed E-state index contributed by atoms with van der Waals surface area (Å²) in [6, 6.07) is 12.1. The Morgan fingerprint density at radius 2 is 1.97 bits per heavy atom. The summed E-state index contributed by atoms with van der Waals surface area (Å²) in [5, 5.41) is 7.84. The molecule has 0 saturated carbocycles. The number of rotatable bonds is 8. The van der Waals surface area contributed by atoms with Gasteiger partial charge in [0.2, 0.25) is 5.91 Å². The fourth-order valence-corrected chi connectivity index (χ4v) is 5.55. The van der Waals surface area contributed by atoms with Gasteiger partial charge in [-0.3, -0.25) is 14.5 Å². The van der Waals surface area contributed by atoms with E-state index >= 15 is 0 Å². The average molecular weight is 540 g/mol. The molecule has 192 valence electrons. The van der Waals surface area contributed by atoms with Crippen molar-refractivity contribution in [1.82, 2.24) is 25.4 Å². The van der Waals surface area contributed by atoms with Gasteiger partial charge in [-0.15, -0.1) is 0 Å². The van der Waals surface area contributed by atoms with Gasteiger partial charge in [-0.2, -0.15) is 0 Å². The Hall–Kier alpha value is -3.49. The second-order valence-electron chi connectivity index (χ2n) is 9.09. The van der Waals surface area contributed by atoms with Crippen LogP contribution in [0, 0.1) is 0 Å². The molecule has 8 nitrogen and oxygen atoms in total. The van der Waals surface area contributed by atoms with Crippen molar-refractivity contribution in [3.05, 3.63) is 81.1 Å². The zero-order valence-electron chi connectivity index (χ0n) is 20.3. The summed E-state index contributed by atoms with van der Waals surface area (Å²) in [6.45, 7) is 3.29. The number of amides is 4. The van der Waals surface area contributed by atoms with Gasteiger partial charge in [-0.05, 0) is 42.7 Å². The van der Waals surface area contributed by atoms with E-state index in [0.717, 1.165) is 16.5 Å². The average Bonchev–Trinajstić information content (AvgIpc) is 3.43. The first kappa shape index (κ1) is 25.2. The minimum absolute atomic E-state index is 0.128. The molecule has 0 spiro atoms. The van der Waals surface area contributed by atoms with E-state index in [-0.39, 0.29) is 37.4 Å². The lowest BCUT2D eigenvalue weighted by Crippen LogP contribution is -2.47. The van der Waals surface area contributed by atoms with Gasteiger partial charge in [0.1, 0.15) is 0 Å². The highest BCUT2D eigenvalue weighted by molar-refractivity contribution is 6.35. The third kappa shape index (κ3) is 4.91. The maximum absolute atomic E-state index is 13.5. The van der Waals surface area contributed by atoms with Crippen molar-refractivity contribution in [1.29, 1.82) is 0 Å². The number of hydrogen-bond acceptors (Lipinski definition) is 3. The van der Waals surface area contributed by atoms with Crippen molar-refractivity contribution in [2.75, 3.05) is 26.2 Å². The van der Waals surface area contributed by atoms with Gasteiger partial charge in [0, 0.05) is 53.2 Å². The summed E-state index contributed by atoms with van der Waals surface area (Å²) in [5.41, 5.74) is 3.94. The molecule has 0 fully saturated rings. The lowest BCUT2D eigenvalue weighted by atomic mass is 9.95. The van der Waals surface area contributed by atoms with Crippen molar-refractivity contribution in [2.24, 2.45) is 0 Å². The van der Waals surface area contributed by atoms with Gasteiger partial charge >= 0.3 is 6.03 Å². The number of aromatic nitrogens is 1. The molecule has 3 N–H and O–H groups in total. The number of urea groups is 1. The number of carbonyl (C=O) groups excluding carboxylic acids is 3. The fourth-order valence-electron chi connectivity index (χ4n) is 5.03. The molecular formula is C27H27Cl2N5O3. The Balaban J connectivity index is 1.22. The zero-order valence-corrected chi connectivity index (χ0v) is 21.8. The number of benzene rings is 2. The molecule has 2 aliphatic rings. The van der Waals surface area contributed by atoms with Crippen LogP contribution in [-0.4, -0.2) is 58.8 Å². The molecule has 3 aromatic rings. The molecule has 4 amide bonds. The van der Waals surface area contributed by atoms with Gasteiger partial charge in [0.15, 0.2) is 0 Å². The largest absolute Gasteiger partial charge is 0.361 e. The highest BCUT2D eigenvalue weighted by Gasteiger charge is 2.44. The van der Waals surface area contributed by atoms with Crippen LogP contribution in [0.15, 0.2) is 59.9 Å². The molecule has 5 rings (SSSR count). The number of halogens is 2. The minimum atomic E-state index is -0.683. The van der Waals surface area contributed by atoms with E-state index < -0.39 is 6.04 Å². The summed E-state index contributed by atoms with van der Waals surface area (Å²) in [5.74, 6) is -0.340. The second kappa shape index (κ2) is 10.5. The molecule has 37 heavy (non-hydrogen) atoms. The van der Waals surface area contributed by atoms with Crippen molar-refractivity contribution in [3.63, 3.8) is 0 Å². The predicted octanol–water partition coefficient (Wildman–Crippen LogP) is 4.41. The molecule has 1 aromatic heterocycles. The van der Waals surface area contributed by atoms with Crippen LogP contribution in [0.2, 0.25) is 10.0 Å². The normalized spacial score (nSPS) is 17.4. The van der Waals surface area contributed by atoms with E-state index in [0.29, 0.717) is 46.4 Å². The third-order valence-electron chi connectivity index (χ3n) is 6.89. The first-order chi connectivity index (χ1) is 17.9. The summed E-state index contributed by atoms with van der Waals surface area (Å²) in [7, 11) is 0. The first-order valence-electron chi connectivity index (χ1n) is 12.2. The van der Waals surface area contributed by atoms with Crippen LogP contribution in [0.25, 0.3) is 10.9 Å². The number of hydrogen-bond donors (Lipinski definition) is 3. The Labute approximate surface area is 224 Å². The number of para-hydroxylation sites is 1. The number of aromatic amines is 1. The molecule has 0 aliphatic carbocycles. The first-order valence-corrected chi connectivity index (χ1v) is 13.0. The minimum Gasteiger partial charge on any atom is -0.361 e. The Morgan fingerprint density at radius 3 is 2.76 bits per heavy atom. The number of nitrogens with zero attached hydrogens (tertiary/aromatic N) is 2. The quantitative estimate of drug-likeness (QED) is 0.395. The van der Waals surface area contributed by atoms with Crippen LogP contribution in [0.3, 0.4) is 0 Å². The lowest BCUT2D eigenvalue weighted by Gasteiger charge is -2.33. The molecule has 3 heterocycles. The number of carbonyl (C=O) groups is 3. The van der Waals surface area contributed by atoms with Crippen LogP contribution < -0.4 is 10.6 Å². The van der Waals surface area contributed by atoms with Gasteiger partial charge in [0.05, 0.1) is 23.9 Å². The second-order valence-corrected chi connectivity index (χ2v) is 9.93. The fraction of sp³-hybridized carbons (Fsp3) is 0.296. The molecule has 2 aromatic carbocycles. The van der Waals surface area contributed by atoms with E-state index in [1.54, 1.807) is 28.0 Å². The molecular weight excluding hydrogens is 513 g/mol. The van der Waals surface area contributed by atoms with Crippen molar-refractivity contribution < 1.29 is 14.4 Å². The maximum Gasteiger partial charge on any atom is 0.322 e.